The van der Waals surface area contributed by atoms with Crippen molar-refractivity contribution in [2.75, 3.05) is 13.1 Å². The van der Waals surface area contributed by atoms with E-state index in [1.165, 1.54) is 0 Å². The molecule has 1 unspecified atom stereocenters. The molecule has 0 radical (unpaired) electrons. The van der Waals surface area contributed by atoms with E-state index in [9.17, 15) is 13.2 Å². The van der Waals surface area contributed by atoms with Crippen LogP contribution in [0.5, 0.6) is 0 Å². The molecule has 1 aliphatic rings. The minimum Gasteiger partial charge on any atom is -0.480 e. The third-order valence-corrected chi connectivity index (χ3v) is 4.83. The summed E-state index contributed by atoms with van der Waals surface area (Å²) in [5.41, 5.74) is 0.0383. The normalized spacial score (nSPS) is 22.4. The summed E-state index contributed by atoms with van der Waals surface area (Å²) < 4.78 is 27.9. The number of rotatable bonds is 5. The van der Waals surface area contributed by atoms with Crippen LogP contribution in [0.3, 0.4) is 0 Å². The molecular weight excluding hydrogens is 268 g/mol. The number of hydrogen-bond donors (Lipinski definition) is 2. The molecule has 6 nitrogen and oxygen atoms in total. The molecule has 1 atom stereocenters. The van der Waals surface area contributed by atoms with Gasteiger partial charge in [0.1, 0.15) is 6.04 Å². The molecule has 0 bridgehead atoms. The number of piperidine rings is 1. The number of nitrogens with zero attached hydrogens (tertiary/aromatic N) is 1. The highest BCUT2D eigenvalue weighted by Crippen LogP contribution is 2.21. The SMILES string of the molecule is CC(C)(C)CCNS(=O)(=O)N1CCCCC1C(=O)O. The van der Waals surface area contributed by atoms with Crippen LogP contribution >= 0.6 is 0 Å². The molecule has 112 valence electrons. The molecule has 0 spiro atoms. The number of hydrogen-bond acceptors (Lipinski definition) is 3. The third kappa shape index (κ3) is 5.08. The van der Waals surface area contributed by atoms with Crippen LogP contribution in [-0.2, 0) is 15.0 Å². The van der Waals surface area contributed by atoms with Crippen molar-refractivity contribution in [3.05, 3.63) is 0 Å². The Morgan fingerprint density at radius 3 is 2.53 bits per heavy atom. The molecule has 0 aromatic carbocycles. The molecule has 0 amide bonds. The molecule has 1 heterocycles. The van der Waals surface area contributed by atoms with Crippen molar-refractivity contribution in [1.82, 2.24) is 9.03 Å². The monoisotopic (exact) mass is 292 g/mol. The van der Waals surface area contributed by atoms with E-state index >= 15 is 0 Å². The van der Waals surface area contributed by atoms with E-state index in [-0.39, 0.29) is 12.0 Å². The second kappa shape index (κ2) is 6.19. The average Bonchev–Trinajstić information content (AvgIpc) is 2.27. The van der Waals surface area contributed by atoms with E-state index in [2.05, 4.69) is 4.72 Å². The van der Waals surface area contributed by atoms with Gasteiger partial charge < -0.3 is 5.11 Å². The van der Waals surface area contributed by atoms with Crippen molar-refractivity contribution in [1.29, 1.82) is 0 Å². The van der Waals surface area contributed by atoms with E-state index in [1.807, 2.05) is 20.8 Å². The fraction of sp³-hybridized carbons (Fsp3) is 0.917. The average molecular weight is 292 g/mol. The predicted octanol–water partition coefficient (Wildman–Crippen LogP) is 1.20. The van der Waals surface area contributed by atoms with E-state index in [1.54, 1.807) is 0 Å². The Balaban J connectivity index is 2.66. The van der Waals surface area contributed by atoms with Crippen LogP contribution in [0.25, 0.3) is 0 Å². The summed E-state index contributed by atoms with van der Waals surface area (Å²) in [5.74, 6) is -1.07. The molecular formula is C12H24N2O4S. The summed E-state index contributed by atoms with van der Waals surface area (Å²) in [5, 5.41) is 9.09. The zero-order chi connectivity index (χ0) is 14.7. The maximum absolute atomic E-state index is 12.1. The van der Waals surface area contributed by atoms with Crippen molar-refractivity contribution >= 4 is 16.2 Å². The lowest BCUT2D eigenvalue weighted by Crippen LogP contribution is -2.52. The Labute approximate surface area is 115 Å². The van der Waals surface area contributed by atoms with Gasteiger partial charge in [-0.2, -0.15) is 12.7 Å². The Morgan fingerprint density at radius 1 is 1.37 bits per heavy atom. The third-order valence-electron chi connectivity index (χ3n) is 3.21. The van der Waals surface area contributed by atoms with Gasteiger partial charge in [0.2, 0.25) is 0 Å². The van der Waals surface area contributed by atoms with Gasteiger partial charge in [0, 0.05) is 13.1 Å². The number of aliphatic carboxylic acids is 1. The number of carbonyl (C=O) groups is 1. The van der Waals surface area contributed by atoms with Crippen molar-refractivity contribution in [3.63, 3.8) is 0 Å². The van der Waals surface area contributed by atoms with Gasteiger partial charge in [-0.05, 0) is 31.1 Å². The van der Waals surface area contributed by atoms with Crippen molar-refractivity contribution in [2.45, 2.75) is 52.5 Å². The highest BCUT2D eigenvalue weighted by atomic mass is 32.2. The number of carboxylic acid groups (broad SMARTS) is 1. The topological polar surface area (TPSA) is 86.7 Å². The van der Waals surface area contributed by atoms with Crippen molar-refractivity contribution in [3.8, 4) is 0 Å². The van der Waals surface area contributed by atoms with E-state index in [0.29, 0.717) is 25.8 Å². The van der Waals surface area contributed by atoms with Crippen LogP contribution in [0.2, 0.25) is 0 Å². The van der Waals surface area contributed by atoms with E-state index < -0.39 is 22.2 Å². The Bertz CT molecular complexity index is 414. The first-order valence-corrected chi connectivity index (χ1v) is 8.07. The van der Waals surface area contributed by atoms with Crippen LogP contribution < -0.4 is 4.72 Å². The molecule has 0 aromatic rings. The van der Waals surface area contributed by atoms with Crippen LogP contribution in [0.4, 0.5) is 0 Å². The smallest absolute Gasteiger partial charge is 0.322 e. The minimum absolute atomic E-state index is 0.0383. The molecule has 0 aliphatic carbocycles. The maximum Gasteiger partial charge on any atom is 0.322 e. The molecule has 1 aliphatic heterocycles. The van der Waals surface area contributed by atoms with Crippen molar-refractivity contribution < 1.29 is 18.3 Å². The summed E-state index contributed by atoms with van der Waals surface area (Å²) in [4.78, 5) is 11.1. The molecule has 1 rings (SSSR count). The summed E-state index contributed by atoms with van der Waals surface area (Å²) in [6, 6.07) is -0.930. The molecule has 7 heteroatoms. The lowest BCUT2D eigenvalue weighted by molar-refractivity contribution is -0.142. The first-order chi connectivity index (χ1) is 8.63. The van der Waals surface area contributed by atoms with E-state index in [4.69, 9.17) is 5.11 Å². The largest absolute Gasteiger partial charge is 0.480 e. The minimum atomic E-state index is -3.70. The first-order valence-electron chi connectivity index (χ1n) is 6.63. The molecule has 0 saturated carbocycles. The van der Waals surface area contributed by atoms with Gasteiger partial charge in [-0.25, -0.2) is 4.72 Å². The second-order valence-corrected chi connectivity index (χ2v) is 7.88. The van der Waals surface area contributed by atoms with Crippen LogP contribution in [0, 0.1) is 5.41 Å². The highest BCUT2D eigenvalue weighted by molar-refractivity contribution is 7.87. The van der Waals surface area contributed by atoms with Gasteiger partial charge in [0.05, 0.1) is 0 Å². The summed E-state index contributed by atoms with van der Waals surface area (Å²) in [6.45, 7) is 6.70. The van der Waals surface area contributed by atoms with Gasteiger partial charge in [0.15, 0.2) is 0 Å². The first kappa shape index (κ1) is 16.4. The van der Waals surface area contributed by atoms with Crippen LogP contribution in [-0.4, -0.2) is 42.9 Å². The number of nitrogens with one attached hydrogen (secondary N) is 1. The van der Waals surface area contributed by atoms with Gasteiger partial charge in [0.25, 0.3) is 10.2 Å². The standard InChI is InChI=1S/C12H24N2O4S/c1-12(2,3)7-8-13-19(17,18)14-9-5-4-6-10(14)11(15)16/h10,13H,4-9H2,1-3H3,(H,15,16). The van der Waals surface area contributed by atoms with Gasteiger partial charge >= 0.3 is 5.97 Å². The number of carboxylic acids is 1. The Morgan fingerprint density at radius 2 is 2.00 bits per heavy atom. The van der Waals surface area contributed by atoms with Gasteiger partial charge in [-0.3, -0.25) is 4.79 Å². The van der Waals surface area contributed by atoms with Gasteiger partial charge in [-0.1, -0.05) is 20.8 Å². The predicted molar refractivity (Wildman–Crippen MR) is 73.0 cm³/mol. The molecule has 2 N–H and O–H groups in total. The highest BCUT2D eigenvalue weighted by Gasteiger charge is 2.36. The van der Waals surface area contributed by atoms with Crippen LogP contribution in [0.1, 0.15) is 46.5 Å². The zero-order valence-corrected chi connectivity index (χ0v) is 12.7. The van der Waals surface area contributed by atoms with Crippen molar-refractivity contribution in [2.24, 2.45) is 5.41 Å². The Hall–Kier alpha value is -0.660. The molecule has 1 fully saturated rings. The summed E-state index contributed by atoms with van der Waals surface area (Å²) >= 11 is 0. The Kier molecular flexibility index (Phi) is 5.34. The van der Waals surface area contributed by atoms with E-state index in [0.717, 1.165) is 10.7 Å². The van der Waals surface area contributed by atoms with Gasteiger partial charge in [-0.15, -0.1) is 0 Å². The zero-order valence-electron chi connectivity index (χ0n) is 11.8. The summed E-state index contributed by atoms with van der Waals surface area (Å²) in [7, 11) is -3.70. The molecule has 0 aromatic heterocycles. The molecule has 19 heavy (non-hydrogen) atoms. The fourth-order valence-corrected chi connectivity index (χ4v) is 3.50. The lowest BCUT2D eigenvalue weighted by Gasteiger charge is -2.32. The summed E-state index contributed by atoms with van der Waals surface area (Å²) in [6.07, 6.45) is 2.56. The lowest BCUT2D eigenvalue weighted by atomic mass is 9.93. The quantitative estimate of drug-likeness (QED) is 0.797. The fourth-order valence-electron chi connectivity index (χ4n) is 2.08. The maximum atomic E-state index is 12.1. The molecule has 1 saturated heterocycles. The second-order valence-electron chi connectivity index (χ2n) is 6.17. The van der Waals surface area contributed by atoms with Crippen LogP contribution in [0.15, 0.2) is 0 Å².